The predicted octanol–water partition coefficient (Wildman–Crippen LogP) is 3.55. The van der Waals surface area contributed by atoms with Crippen molar-refractivity contribution in [2.24, 2.45) is 0 Å². The fraction of sp³-hybridized carbons (Fsp3) is 0.300. The molecule has 8 nitrogen and oxygen atoms in total. The Morgan fingerprint density at radius 1 is 1.18 bits per heavy atom. The van der Waals surface area contributed by atoms with E-state index in [-0.39, 0.29) is 42.7 Å². The van der Waals surface area contributed by atoms with Crippen LogP contribution in [-0.2, 0) is 4.79 Å². The van der Waals surface area contributed by atoms with Crippen LogP contribution < -0.4 is 14.4 Å². The summed E-state index contributed by atoms with van der Waals surface area (Å²) < 4.78 is 10.7. The highest BCUT2D eigenvalue weighted by atomic mass is 16.6. The number of nitro benzene ring substituents is 1. The van der Waals surface area contributed by atoms with Crippen LogP contribution in [0.3, 0.4) is 0 Å². The molecule has 0 spiro atoms. The van der Waals surface area contributed by atoms with Crippen molar-refractivity contribution < 1.29 is 19.2 Å². The van der Waals surface area contributed by atoms with Crippen molar-refractivity contribution in [2.45, 2.75) is 20.3 Å². The molecule has 0 saturated carbocycles. The number of amides is 1. The molecule has 0 saturated heterocycles. The number of hydrogen-bond donors (Lipinski definition) is 0. The van der Waals surface area contributed by atoms with Crippen LogP contribution >= 0.6 is 0 Å². The Morgan fingerprint density at radius 3 is 2.43 bits per heavy atom. The Balaban J connectivity index is 2.23. The van der Waals surface area contributed by atoms with Crippen LogP contribution in [0.25, 0.3) is 0 Å². The van der Waals surface area contributed by atoms with Gasteiger partial charge in [0.25, 0.3) is 11.6 Å². The van der Waals surface area contributed by atoms with Gasteiger partial charge < -0.3 is 14.4 Å². The van der Waals surface area contributed by atoms with E-state index in [4.69, 9.17) is 14.7 Å². The lowest BCUT2D eigenvalue weighted by molar-refractivity contribution is -0.385. The molecule has 0 aromatic heterocycles. The van der Waals surface area contributed by atoms with Crippen molar-refractivity contribution >= 4 is 17.3 Å². The number of anilines is 1. The molecule has 0 atom stereocenters. The summed E-state index contributed by atoms with van der Waals surface area (Å²) in [6, 6.07) is 11.7. The molecule has 2 aromatic rings. The quantitative estimate of drug-likeness (QED) is 0.510. The van der Waals surface area contributed by atoms with Gasteiger partial charge in [-0.3, -0.25) is 14.9 Å². The first kappa shape index (κ1) is 20.7. The second kappa shape index (κ2) is 9.37. The predicted molar refractivity (Wildman–Crippen MR) is 104 cm³/mol. The smallest absolute Gasteiger partial charge is 0.273 e. The lowest BCUT2D eigenvalue weighted by atomic mass is 10.1. The molecule has 0 bridgehead atoms. The van der Waals surface area contributed by atoms with Crippen molar-refractivity contribution in [1.82, 2.24) is 0 Å². The minimum Gasteiger partial charge on any atom is -0.493 e. The van der Waals surface area contributed by atoms with E-state index in [9.17, 15) is 14.9 Å². The molecule has 28 heavy (non-hydrogen) atoms. The lowest BCUT2D eigenvalue weighted by Crippen LogP contribution is -2.35. The number of hydrogen-bond acceptors (Lipinski definition) is 6. The molecule has 0 unspecified atom stereocenters. The Morgan fingerprint density at radius 2 is 1.86 bits per heavy atom. The fourth-order valence-corrected chi connectivity index (χ4v) is 2.78. The van der Waals surface area contributed by atoms with Gasteiger partial charge in [-0.05, 0) is 43.2 Å². The zero-order chi connectivity index (χ0) is 20.7. The van der Waals surface area contributed by atoms with Gasteiger partial charge in [-0.15, -0.1) is 0 Å². The van der Waals surface area contributed by atoms with Gasteiger partial charge in [-0.1, -0.05) is 6.07 Å². The second-order valence-electron chi connectivity index (χ2n) is 6.18. The fourth-order valence-electron chi connectivity index (χ4n) is 2.78. The van der Waals surface area contributed by atoms with Crippen molar-refractivity contribution in [3.05, 3.63) is 57.6 Å². The summed E-state index contributed by atoms with van der Waals surface area (Å²) in [6.45, 7) is 3.71. The number of carbonyl (C=O) groups excluding carboxylic acids is 1. The van der Waals surface area contributed by atoms with E-state index in [1.54, 1.807) is 0 Å². The molecule has 0 radical (unpaired) electrons. The maximum atomic E-state index is 12.8. The first-order chi connectivity index (χ1) is 13.3. The third-order valence-corrected chi connectivity index (χ3v) is 3.98. The van der Waals surface area contributed by atoms with Gasteiger partial charge in [0, 0.05) is 18.3 Å². The van der Waals surface area contributed by atoms with Crippen LogP contribution in [0.1, 0.15) is 17.5 Å². The minimum absolute atomic E-state index is 0.103. The van der Waals surface area contributed by atoms with Crippen LogP contribution in [0.4, 0.5) is 11.4 Å². The molecule has 0 aliphatic carbocycles. The van der Waals surface area contributed by atoms with Gasteiger partial charge in [0.2, 0.25) is 0 Å². The second-order valence-corrected chi connectivity index (χ2v) is 6.18. The molecule has 146 valence electrons. The zero-order valence-corrected chi connectivity index (χ0v) is 16.0. The number of nitrogens with zero attached hydrogens (tertiary/aromatic N) is 3. The number of non-ortho nitro benzene ring substituents is 1. The molecule has 1 amide bonds. The largest absolute Gasteiger partial charge is 0.493 e. The summed E-state index contributed by atoms with van der Waals surface area (Å²) in [6.07, 6.45) is 0.166. The van der Waals surface area contributed by atoms with Gasteiger partial charge >= 0.3 is 0 Å². The Hall–Kier alpha value is -3.60. The SMILES string of the molecule is COc1ccc([N+](=O)[O-])cc1OCC(=O)N(CCC#N)c1cc(C)cc(C)c1. The summed E-state index contributed by atoms with van der Waals surface area (Å²) in [5, 5.41) is 19.9. The number of ether oxygens (including phenoxy) is 2. The zero-order valence-electron chi connectivity index (χ0n) is 16.0. The van der Waals surface area contributed by atoms with Gasteiger partial charge in [-0.2, -0.15) is 5.26 Å². The van der Waals surface area contributed by atoms with Gasteiger partial charge in [0.05, 0.1) is 30.6 Å². The third-order valence-electron chi connectivity index (χ3n) is 3.98. The topological polar surface area (TPSA) is 106 Å². The molecule has 0 N–H and O–H groups in total. The highest BCUT2D eigenvalue weighted by molar-refractivity contribution is 5.94. The van der Waals surface area contributed by atoms with Crippen LogP contribution in [-0.4, -0.2) is 31.1 Å². The van der Waals surface area contributed by atoms with E-state index in [2.05, 4.69) is 0 Å². The van der Waals surface area contributed by atoms with Gasteiger partial charge in [0.1, 0.15) is 0 Å². The van der Waals surface area contributed by atoms with E-state index in [1.165, 1.54) is 30.2 Å². The highest BCUT2D eigenvalue weighted by Crippen LogP contribution is 2.31. The molecular weight excluding hydrogens is 362 g/mol. The van der Waals surface area contributed by atoms with E-state index in [0.717, 1.165) is 11.1 Å². The summed E-state index contributed by atoms with van der Waals surface area (Å²) in [5.41, 5.74) is 2.49. The Kier molecular flexibility index (Phi) is 6.93. The number of nitriles is 1. The van der Waals surface area contributed by atoms with Crippen LogP contribution in [0.2, 0.25) is 0 Å². The van der Waals surface area contributed by atoms with Crippen LogP contribution in [0.5, 0.6) is 11.5 Å². The van der Waals surface area contributed by atoms with Crippen LogP contribution in [0, 0.1) is 35.3 Å². The molecule has 0 heterocycles. The molecular formula is C20H21N3O5. The van der Waals surface area contributed by atoms with Crippen molar-refractivity contribution in [3.8, 4) is 17.6 Å². The molecule has 8 heteroatoms. The molecule has 0 aliphatic rings. The normalized spacial score (nSPS) is 10.1. The van der Waals surface area contributed by atoms with Crippen LogP contribution in [0.15, 0.2) is 36.4 Å². The average molecular weight is 383 g/mol. The first-order valence-corrected chi connectivity index (χ1v) is 8.56. The lowest BCUT2D eigenvalue weighted by Gasteiger charge is -2.23. The van der Waals surface area contributed by atoms with Gasteiger partial charge in [0.15, 0.2) is 18.1 Å². The first-order valence-electron chi connectivity index (χ1n) is 8.56. The minimum atomic E-state index is -0.553. The number of nitro groups is 1. The van der Waals surface area contributed by atoms with Crippen molar-refractivity contribution in [3.63, 3.8) is 0 Å². The van der Waals surface area contributed by atoms with E-state index in [0.29, 0.717) is 5.69 Å². The summed E-state index contributed by atoms with van der Waals surface area (Å²) in [4.78, 5) is 24.7. The number of benzene rings is 2. The summed E-state index contributed by atoms with van der Waals surface area (Å²) in [5.74, 6) is 0.0212. The van der Waals surface area contributed by atoms with E-state index in [1.807, 2.05) is 38.1 Å². The van der Waals surface area contributed by atoms with E-state index >= 15 is 0 Å². The van der Waals surface area contributed by atoms with Crippen molar-refractivity contribution in [2.75, 3.05) is 25.2 Å². The number of rotatable bonds is 8. The summed E-state index contributed by atoms with van der Waals surface area (Å²) >= 11 is 0. The molecule has 2 rings (SSSR count). The number of methoxy groups -OCH3 is 1. The standard InChI is InChI=1S/C20H21N3O5/c1-14-9-15(2)11-17(10-14)22(8-4-7-21)20(24)13-28-19-12-16(23(25)26)5-6-18(19)27-3/h5-6,9-12H,4,8,13H2,1-3H3. The average Bonchev–Trinajstić information content (AvgIpc) is 2.65. The number of aryl methyl sites for hydroxylation is 2. The number of carbonyl (C=O) groups is 1. The maximum Gasteiger partial charge on any atom is 0.273 e. The Bertz CT molecular complexity index is 900. The monoisotopic (exact) mass is 383 g/mol. The van der Waals surface area contributed by atoms with E-state index < -0.39 is 4.92 Å². The molecule has 2 aromatic carbocycles. The Labute approximate surface area is 163 Å². The summed E-state index contributed by atoms with van der Waals surface area (Å²) in [7, 11) is 1.41. The molecule has 0 fully saturated rings. The molecule has 0 aliphatic heterocycles. The highest BCUT2D eigenvalue weighted by Gasteiger charge is 2.19. The maximum absolute atomic E-state index is 12.8. The van der Waals surface area contributed by atoms with Gasteiger partial charge in [-0.25, -0.2) is 0 Å². The third kappa shape index (κ3) is 5.20. The van der Waals surface area contributed by atoms with Crippen molar-refractivity contribution in [1.29, 1.82) is 5.26 Å².